The van der Waals surface area contributed by atoms with E-state index >= 15 is 0 Å². The van der Waals surface area contributed by atoms with Crippen molar-refractivity contribution in [1.29, 1.82) is 0 Å². The standard InChI is InChI=1S/C14H13BrN2O3S/c1-21(19,20)11-4-2-3-10(8-11)17-14(18)9-5-6-13(16)12(15)7-9/h2-8H,16H2,1H3,(H,17,18). The SMILES string of the molecule is CS(=O)(=O)c1cccc(NC(=O)c2ccc(N)c(Br)c2)c1. The Kier molecular flexibility index (Phi) is 4.34. The zero-order valence-corrected chi connectivity index (χ0v) is 13.5. The first-order valence-electron chi connectivity index (χ1n) is 5.94. The lowest BCUT2D eigenvalue weighted by atomic mass is 10.2. The van der Waals surface area contributed by atoms with E-state index in [9.17, 15) is 13.2 Å². The quantitative estimate of drug-likeness (QED) is 0.815. The Balaban J connectivity index is 2.25. The van der Waals surface area contributed by atoms with E-state index in [2.05, 4.69) is 21.2 Å². The molecule has 3 N–H and O–H groups in total. The van der Waals surface area contributed by atoms with Crippen LogP contribution in [-0.4, -0.2) is 20.6 Å². The Labute approximate surface area is 131 Å². The Hall–Kier alpha value is -1.86. The molecule has 0 heterocycles. The third-order valence-corrected chi connectivity index (χ3v) is 4.58. The smallest absolute Gasteiger partial charge is 0.255 e. The maximum absolute atomic E-state index is 12.1. The molecule has 2 aromatic rings. The van der Waals surface area contributed by atoms with Crippen LogP contribution in [0.3, 0.4) is 0 Å². The highest BCUT2D eigenvalue weighted by atomic mass is 79.9. The lowest BCUT2D eigenvalue weighted by Crippen LogP contribution is -2.12. The van der Waals surface area contributed by atoms with Crippen molar-refractivity contribution in [3.63, 3.8) is 0 Å². The number of benzene rings is 2. The van der Waals surface area contributed by atoms with E-state index in [1.54, 1.807) is 30.3 Å². The number of nitrogens with two attached hydrogens (primary N) is 1. The summed E-state index contributed by atoms with van der Waals surface area (Å²) in [5.74, 6) is -0.346. The third kappa shape index (κ3) is 3.83. The predicted octanol–water partition coefficient (Wildman–Crippen LogP) is 2.69. The Morgan fingerprint density at radius 2 is 1.90 bits per heavy atom. The second kappa shape index (κ2) is 5.87. The average molecular weight is 369 g/mol. The number of rotatable bonds is 3. The molecule has 0 spiro atoms. The second-order valence-electron chi connectivity index (χ2n) is 4.49. The minimum Gasteiger partial charge on any atom is -0.398 e. The first kappa shape index (κ1) is 15.5. The number of carbonyl (C=O) groups excluding carboxylic acids is 1. The number of halogens is 1. The monoisotopic (exact) mass is 368 g/mol. The number of anilines is 2. The lowest BCUT2D eigenvalue weighted by Gasteiger charge is -2.08. The van der Waals surface area contributed by atoms with Gasteiger partial charge in [-0.1, -0.05) is 6.07 Å². The molecule has 0 radical (unpaired) electrons. The summed E-state index contributed by atoms with van der Waals surface area (Å²) < 4.78 is 23.6. The van der Waals surface area contributed by atoms with Crippen LogP contribution in [0.1, 0.15) is 10.4 Å². The van der Waals surface area contributed by atoms with Crippen molar-refractivity contribution in [2.75, 3.05) is 17.3 Å². The van der Waals surface area contributed by atoms with E-state index in [4.69, 9.17) is 5.73 Å². The van der Waals surface area contributed by atoms with Gasteiger partial charge in [0, 0.05) is 27.7 Å². The topological polar surface area (TPSA) is 89.3 Å². The van der Waals surface area contributed by atoms with Crippen LogP contribution in [0.25, 0.3) is 0 Å². The van der Waals surface area contributed by atoms with Gasteiger partial charge in [0.15, 0.2) is 9.84 Å². The molecule has 0 aliphatic carbocycles. The first-order chi connectivity index (χ1) is 9.77. The van der Waals surface area contributed by atoms with Gasteiger partial charge in [0.25, 0.3) is 5.91 Å². The largest absolute Gasteiger partial charge is 0.398 e. The van der Waals surface area contributed by atoms with E-state index in [1.807, 2.05) is 0 Å². The predicted molar refractivity (Wildman–Crippen MR) is 86.1 cm³/mol. The van der Waals surface area contributed by atoms with Crippen molar-refractivity contribution in [1.82, 2.24) is 0 Å². The zero-order chi connectivity index (χ0) is 15.6. The van der Waals surface area contributed by atoms with Crippen molar-refractivity contribution in [2.45, 2.75) is 4.90 Å². The van der Waals surface area contributed by atoms with Crippen LogP contribution in [0.2, 0.25) is 0 Å². The van der Waals surface area contributed by atoms with E-state index in [0.717, 1.165) is 6.26 Å². The van der Waals surface area contributed by atoms with Crippen LogP contribution < -0.4 is 11.1 Å². The molecule has 0 unspecified atom stereocenters. The normalized spacial score (nSPS) is 11.1. The number of amides is 1. The average Bonchev–Trinajstić information content (AvgIpc) is 2.41. The molecule has 0 saturated heterocycles. The summed E-state index contributed by atoms with van der Waals surface area (Å²) in [6.45, 7) is 0. The summed E-state index contributed by atoms with van der Waals surface area (Å²) in [6, 6.07) is 10.9. The first-order valence-corrected chi connectivity index (χ1v) is 8.62. The van der Waals surface area contributed by atoms with Gasteiger partial charge >= 0.3 is 0 Å². The molecule has 0 aliphatic rings. The fraction of sp³-hybridized carbons (Fsp3) is 0.0714. The molecule has 21 heavy (non-hydrogen) atoms. The number of hydrogen-bond donors (Lipinski definition) is 2. The summed E-state index contributed by atoms with van der Waals surface area (Å²) in [4.78, 5) is 12.3. The number of nitrogens with one attached hydrogen (secondary N) is 1. The van der Waals surface area contributed by atoms with Gasteiger partial charge in [-0.15, -0.1) is 0 Å². The molecule has 5 nitrogen and oxygen atoms in total. The fourth-order valence-electron chi connectivity index (χ4n) is 1.68. The van der Waals surface area contributed by atoms with Crippen molar-refractivity contribution < 1.29 is 13.2 Å². The molecule has 0 saturated carbocycles. The van der Waals surface area contributed by atoms with Gasteiger partial charge in [-0.05, 0) is 52.3 Å². The second-order valence-corrected chi connectivity index (χ2v) is 7.36. The minimum absolute atomic E-state index is 0.152. The van der Waals surface area contributed by atoms with Crippen molar-refractivity contribution in [3.05, 3.63) is 52.5 Å². The maximum atomic E-state index is 12.1. The van der Waals surface area contributed by atoms with Gasteiger partial charge in [0.1, 0.15) is 0 Å². The van der Waals surface area contributed by atoms with Gasteiger partial charge in [-0.25, -0.2) is 8.42 Å². The van der Waals surface area contributed by atoms with Crippen LogP contribution >= 0.6 is 15.9 Å². The minimum atomic E-state index is -3.31. The van der Waals surface area contributed by atoms with Gasteiger partial charge in [0.05, 0.1) is 4.90 Å². The number of carbonyl (C=O) groups is 1. The van der Waals surface area contributed by atoms with Crippen LogP contribution in [0.15, 0.2) is 51.8 Å². The highest BCUT2D eigenvalue weighted by molar-refractivity contribution is 9.10. The molecule has 2 aromatic carbocycles. The molecule has 0 atom stereocenters. The Morgan fingerprint density at radius 1 is 1.19 bits per heavy atom. The van der Waals surface area contributed by atoms with Crippen LogP contribution in [0.4, 0.5) is 11.4 Å². The number of hydrogen-bond acceptors (Lipinski definition) is 4. The number of sulfone groups is 1. The van der Waals surface area contributed by atoms with Crippen LogP contribution in [0.5, 0.6) is 0 Å². The highest BCUT2D eigenvalue weighted by Gasteiger charge is 2.11. The van der Waals surface area contributed by atoms with Crippen LogP contribution in [0, 0.1) is 0 Å². The van der Waals surface area contributed by atoms with E-state index in [1.165, 1.54) is 12.1 Å². The molecule has 7 heteroatoms. The highest BCUT2D eigenvalue weighted by Crippen LogP contribution is 2.21. The van der Waals surface area contributed by atoms with Crippen molar-refractivity contribution >= 4 is 43.0 Å². The van der Waals surface area contributed by atoms with Gasteiger partial charge < -0.3 is 11.1 Å². The lowest BCUT2D eigenvalue weighted by molar-refractivity contribution is 0.102. The summed E-state index contributed by atoms with van der Waals surface area (Å²) in [5.41, 5.74) is 7.03. The fourth-order valence-corrected chi connectivity index (χ4v) is 2.72. The Bertz CT molecular complexity index is 804. The third-order valence-electron chi connectivity index (χ3n) is 2.78. The molecule has 0 bridgehead atoms. The Morgan fingerprint density at radius 3 is 2.52 bits per heavy atom. The summed E-state index contributed by atoms with van der Waals surface area (Å²) in [6.07, 6.45) is 1.12. The van der Waals surface area contributed by atoms with Gasteiger partial charge in [-0.3, -0.25) is 4.79 Å². The summed E-state index contributed by atoms with van der Waals surface area (Å²) in [7, 11) is -3.31. The van der Waals surface area contributed by atoms with E-state index in [-0.39, 0.29) is 10.8 Å². The number of nitrogen functional groups attached to an aromatic ring is 1. The van der Waals surface area contributed by atoms with E-state index < -0.39 is 9.84 Å². The molecule has 0 aromatic heterocycles. The molecular weight excluding hydrogens is 356 g/mol. The molecule has 0 fully saturated rings. The molecule has 2 rings (SSSR count). The van der Waals surface area contributed by atoms with Crippen molar-refractivity contribution in [3.8, 4) is 0 Å². The molecule has 0 aliphatic heterocycles. The molecular formula is C14H13BrN2O3S. The van der Waals surface area contributed by atoms with Gasteiger partial charge in [-0.2, -0.15) is 0 Å². The maximum Gasteiger partial charge on any atom is 0.255 e. The van der Waals surface area contributed by atoms with Crippen molar-refractivity contribution in [2.24, 2.45) is 0 Å². The van der Waals surface area contributed by atoms with Gasteiger partial charge in [0.2, 0.25) is 0 Å². The van der Waals surface area contributed by atoms with E-state index in [0.29, 0.717) is 21.4 Å². The molecule has 110 valence electrons. The molecule has 1 amide bonds. The van der Waals surface area contributed by atoms with Crippen LogP contribution in [-0.2, 0) is 9.84 Å². The summed E-state index contributed by atoms with van der Waals surface area (Å²) in [5, 5.41) is 2.65. The zero-order valence-electron chi connectivity index (χ0n) is 11.1. The summed E-state index contributed by atoms with van der Waals surface area (Å²) >= 11 is 3.25.